The summed E-state index contributed by atoms with van der Waals surface area (Å²) in [6, 6.07) is 3.81. The number of aryl methyl sites for hydroxylation is 1. The Morgan fingerprint density at radius 2 is 1.96 bits per heavy atom. The van der Waals surface area contributed by atoms with E-state index >= 15 is 0 Å². The van der Waals surface area contributed by atoms with Crippen LogP contribution in [0.25, 0.3) is 0 Å². The van der Waals surface area contributed by atoms with Gasteiger partial charge in [0, 0.05) is 38.4 Å². The van der Waals surface area contributed by atoms with Crippen molar-refractivity contribution < 1.29 is 4.79 Å². The van der Waals surface area contributed by atoms with Crippen molar-refractivity contribution in [2.45, 2.75) is 31.7 Å². The first-order valence-electron chi connectivity index (χ1n) is 8.60. The van der Waals surface area contributed by atoms with Crippen LogP contribution in [0.5, 0.6) is 0 Å². The molecule has 4 rings (SSSR count). The molecule has 4 heterocycles. The fourth-order valence-electron chi connectivity index (χ4n) is 3.67. The van der Waals surface area contributed by atoms with Crippen LogP contribution >= 0.6 is 0 Å². The average molecular weight is 326 g/mol. The lowest BCUT2D eigenvalue weighted by Gasteiger charge is -2.23. The summed E-state index contributed by atoms with van der Waals surface area (Å²) >= 11 is 0. The third-order valence-corrected chi connectivity index (χ3v) is 4.92. The minimum absolute atomic E-state index is 0.0400. The van der Waals surface area contributed by atoms with Crippen LogP contribution in [0, 0.1) is 0 Å². The van der Waals surface area contributed by atoms with Crippen molar-refractivity contribution in [1.29, 1.82) is 0 Å². The lowest BCUT2D eigenvalue weighted by Crippen LogP contribution is -2.31. The van der Waals surface area contributed by atoms with E-state index in [0.717, 1.165) is 43.9 Å². The van der Waals surface area contributed by atoms with Gasteiger partial charge in [0.25, 0.3) is 5.91 Å². The Kier molecular flexibility index (Phi) is 3.92. The highest BCUT2D eigenvalue weighted by atomic mass is 16.2. The molecular weight excluding hydrogens is 304 g/mol. The number of anilines is 1. The van der Waals surface area contributed by atoms with Gasteiger partial charge in [-0.25, -0.2) is 0 Å². The van der Waals surface area contributed by atoms with Crippen LogP contribution < -0.4 is 4.90 Å². The Bertz CT molecular complexity index is 719. The lowest BCUT2D eigenvalue weighted by atomic mass is 10.1. The van der Waals surface area contributed by atoms with Crippen LogP contribution in [0.15, 0.2) is 24.5 Å². The van der Waals surface area contributed by atoms with Gasteiger partial charge in [-0.3, -0.25) is 9.48 Å². The first-order chi connectivity index (χ1) is 11.7. The molecule has 126 valence electrons. The third kappa shape index (κ3) is 2.74. The highest BCUT2D eigenvalue weighted by Gasteiger charge is 2.32. The topological polar surface area (TPSA) is 67.2 Å². The van der Waals surface area contributed by atoms with E-state index in [4.69, 9.17) is 0 Å². The predicted octanol–water partition coefficient (Wildman–Crippen LogP) is 1.79. The van der Waals surface area contributed by atoms with Crippen LogP contribution in [-0.2, 0) is 7.05 Å². The van der Waals surface area contributed by atoms with Crippen LogP contribution in [0.2, 0.25) is 0 Å². The summed E-state index contributed by atoms with van der Waals surface area (Å²) in [7, 11) is 1.90. The zero-order chi connectivity index (χ0) is 16.5. The molecule has 2 aliphatic heterocycles. The van der Waals surface area contributed by atoms with Crippen molar-refractivity contribution in [2.75, 3.05) is 24.5 Å². The molecule has 0 aliphatic carbocycles. The second-order valence-electron chi connectivity index (χ2n) is 6.57. The average Bonchev–Trinajstić information content (AvgIpc) is 3.35. The Balaban J connectivity index is 1.52. The molecule has 2 fully saturated rings. The second kappa shape index (κ2) is 6.22. The molecule has 0 saturated carbocycles. The van der Waals surface area contributed by atoms with Crippen molar-refractivity contribution in [1.82, 2.24) is 24.9 Å². The first kappa shape index (κ1) is 15.1. The van der Waals surface area contributed by atoms with Gasteiger partial charge < -0.3 is 9.80 Å². The van der Waals surface area contributed by atoms with Crippen molar-refractivity contribution in [3.8, 4) is 0 Å². The molecule has 2 aromatic heterocycles. The maximum Gasteiger partial charge on any atom is 0.274 e. The number of rotatable bonds is 3. The fraction of sp³-hybridized carbons (Fsp3) is 0.529. The number of hydrogen-bond donors (Lipinski definition) is 0. The van der Waals surface area contributed by atoms with E-state index in [1.54, 1.807) is 4.68 Å². The van der Waals surface area contributed by atoms with Crippen molar-refractivity contribution in [2.24, 2.45) is 7.05 Å². The maximum absolute atomic E-state index is 12.9. The van der Waals surface area contributed by atoms with E-state index < -0.39 is 0 Å². The molecule has 2 aromatic rings. The standard InChI is InChI=1S/C17H22N6O/c1-21-12-13(11-18-21)15-5-4-10-23(15)17(24)14-6-7-16(20-19-14)22-8-2-3-9-22/h6-7,11-12,15H,2-5,8-10H2,1H3/t15-/m0/s1. The fourth-order valence-corrected chi connectivity index (χ4v) is 3.67. The van der Waals surface area contributed by atoms with Crippen LogP contribution in [0.1, 0.15) is 47.8 Å². The van der Waals surface area contributed by atoms with Gasteiger partial charge in [0.15, 0.2) is 11.5 Å². The molecule has 0 radical (unpaired) electrons. The van der Waals surface area contributed by atoms with Crippen molar-refractivity contribution in [3.05, 3.63) is 35.8 Å². The van der Waals surface area contributed by atoms with Gasteiger partial charge in [-0.1, -0.05) is 0 Å². The second-order valence-corrected chi connectivity index (χ2v) is 6.57. The minimum Gasteiger partial charge on any atom is -0.355 e. The van der Waals surface area contributed by atoms with Gasteiger partial charge in [0.2, 0.25) is 0 Å². The number of likely N-dealkylation sites (tertiary alicyclic amines) is 1. The molecule has 1 atom stereocenters. The number of nitrogens with zero attached hydrogens (tertiary/aromatic N) is 6. The van der Waals surface area contributed by atoms with Gasteiger partial charge in [0.05, 0.1) is 12.2 Å². The first-order valence-corrected chi connectivity index (χ1v) is 8.60. The van der Waals surface area contributed by atoms with Crippen LogP contribution in [-0.4, -0.2) is 50.4 Å². The summed E-state index contributed by atoms with van der Waals surface area (Å²) in [4.78, 5) is 17.0. The number of hydrogen-bond acceptors (Lipinski definition) is 5. The Labute approximate surface area is 141 Å². The highest BCUT2D eigenvalue weighted by Crippen LogP contribution is 2.32. The summed E-state index contributed by atoms with van der Waals surface area (Å²) in [5.41, 5.74) is 1.51. The molecule has 0 aromatic carbocycles. The maximum atomic E-state index is 12.9. The van der Waals surface area contributed by atoms with Crippen LogP contribution in [0.3, 0.4) is 0 Å². The highest BCUT2D eigenvalue weighted by molar-refractivity contribution is 5.92. The smallest absolute Gasteiger partial charge is 0.274 e. The van der Waals surface area contributed by atoms with E-state index in [2.05, 4.69) is 20.2 Å². The molecule has 1 amide bonds. The number of aromatic nitrogens is 4. The summed E-state index contributed by atoms with van der Waals surface area (Å²) in [5, 5.41) is 12.7. The van der Waals surface area contributed by atoms with Gasteiger partial charge in [-0.15, -0.1) is 10.2 Å². The molecule has 0 unspecified atom stereocenters. The van der Waals surface area contributed by atoms with E-state index in [1.807, 2.05) is 36.5 Å². The Morgan fingerprint density at radius 1 is 1.12 bits per heavy atom. The van der Waals surface area contributed by atoms with Crippen LogP contribution in [0.4, 0.5) is 5.82 Å². The molecule has 2 aliphatic rings. The summed E-state index contributed by atoms with van der Waals surface area (Å²) < 4.78 is 1.78. The predicted molar refractivity (Wildman–Crippen MR) is 89.7 cm³/mol. The zero-order valence-corrected chi connectivity index (χ0v) is 13.9. The summed E-state index contributed by atoms with van der Waals surface area (Å²) in [5.74, 6) is 0.830. The summed E-state index contributed by atoms with van der Waals surface area (Å²) in [6.45, 7) is 2.81. The minimum atomic E-state index is -0.0400. The van der Waals surface area contributed by atoms with Crippen molar-refractivity contribution >= 4 is 11.7 Å². The molecule has 2 saturated heterocycles. The van der Waals surface area contributed by atoms with E-state index in [-0.39, 0.29) is 11.9 Å². The number of carbonyl (C=O) groups is 1. The van der Waals surface area contributed by atoms with Gasteiger partial charge in [-0.2, -0.15) is 5.10 Å². The Morgan fingerprint density at radius 3 is 2.62 bits per heavy atom. The van der Waals surface area contributed by atoms with E-state index in [9.17, 15) is 4.79 Å². The molecule has 7 nitrogen and oxygen atoms in total. The number of carbonyl (C=O) groups excluding carboxylic acids is 1. The van der Waals surface area contributed by atoms with Gasteiger partial charge >= 0.3 is 0 Å². The summed E-state index contributed by atoms with van der Waals surface area (Å²) in [6.07, 6.45) is 8.20. The van der Waals surface area contributed by atoms with E-state index in [0.29, 0.717) is 5.69 Å². The molecule has 0 N–H and O–H groups in total. The zero-order valence-electron chi connectivity index (χ0n) is 13.9. The molecule has 24 heavy (non-hydrogen) atoms. The third-order valence-electron chi connectivity index (χ3n) is 4.92. The van der Waals surface area contributed by atoms with E-state index in [1.165, 1.54) is 12.8 Å². The SMILES string of the molecule is Cn1cc([C@@H]2CCCN2C(=O)c2ccc(N3CCCC3)nn2)cn1. The van der Waals surface area contributed by atoms with Gasteiger partial charge in [-0.05, 0) is 37.8 Å². The largest absolute Gasteiger partial charge is 0.355 e. The molecule has 7 heteroatoms. The molecular formula is C17H22N6O. The molecule has 0 bridgehead atoms. The quantitative estimate of drug-likeness (QED) is 0.860. The Hall–Kier alpha value is -2.44. The monoisotopic (exact) mass is 326 g/mol. The molecule has 0 spiro atoms. The lowest BCUT2D eigenvalue weighted by molar-refractivity contribution is 0.0728. The van der Waals surface area contributed by atoms with Crippen molar-refractivity contribution in [3.63, 3.8) is 0 Å². The normalized spacial score (nSPS) is 20.8. The van der Waals surface area contributed by atoms with Gasteiger partial charge in [0.1, 0.15) is 0 Å². The number of amides is 1.